The molecule has 1 heterocycles. The van der Waals surface area contributed by atoms with Gasteiger partial charge in [0.15, 0.2) is 0 Å². The average Bonchev–Trinajstić information content (AvgIpc) is 2.77. The van der Waals surface area contributed by atoms with Gasteiger partial charge in [0, 0.05) is 18.4 Å². The molecular weight excluding hydrogens is 234 g/mol. The molecule has 0 atom stereocenters. The molecule has 2 nitrogen and oxygen atoms in total. The van der Waals surface area contributed by atoms with Crippen LogP contribution >= 0.6 is 0 Å². The van der Waals surface area contributed by atoms with Gasteiger partial charge in [0.05, 0.1) is 0 Å². The molecular formula is C17H33NO. The van der Waals surface area contributed by atoms with Crippen LogP contribution in [0.2, 0.25) is 0 Å². The molecule has 0 saturated heterocycles. The Hall–Kier alpha value is -0.760. The molecule has 0 saturated carbocycles. The molecule has 2 heteroatoms. The van der Waals surface area contributed by atoms with E-state index in [9.17, 15) is 0 Å². The van der Waals surface area contributed by atoms with Crippen LogP contribution in [-0.2, 0) is 6.54 Å². The summed E-state index contributed by atoms with van der Waals surface area (Å²) < 4.78 is 2.37. The van der Waals surface area contributed by atoms with Gasteiger partial charge in [-0.1, -0.05) is 64.7 Å². The lowest BCUT2D eigenvalue weighted by atomic mass is 10.1. The van der Waals surface area contributed by atoms with Crippen molar-refractivity contribution in [2.24, 2.45) is 0 Å². The predicted molar refractivity (Wildman–Crippen MR) is 84.6 cm³/mol. The van der Waals surface area contributed by atoms with E-state index in [4.69, 9.17) is 0 Å². The van der Waals surface area contributed by atoms with E-state index in [2.05, 4.69) is 36.7 Å². The lowest BCUT2D eigenvalue weighted by Crippen LogP contribution is -1.97. The fourth-order valence-corrected chi connectivity index (χ4v) is 2.52. The second kappa shape index (κ2) is 12.3. The Bertz CT molecular complexity index is 293. The zero-order valence-electron chi connectivity index (χ0n) is 13.0. The van der Waals surface area contributed by atoms with Gasteiger partial charge in [0.25, 0.3) is 0 Å². The van der Waals surface area contributed by atoms with Crippen LogP contribution in [0.15, 0.2) is 18.3 Å². The van der Waals surface area contributed by atoms with Gasteiger partial charge in [-0.3, -0.25) is 0 Å². The first-order valence-electron chi connectivity index (χ1n) is 7.96. The van der Waals surface area contributed by atoms with Crippen molar-refractivity contribution in [3.8, 4) is 0 Å². The molecule has 0 unspecified atom stereocenters. The van der Waals surface area contributed by atoms with Crippen LogP contribution in [0.3, 0.4) is 0 Å². The van der Waals surface area contributed by atoms with Crippen molar-refractivity contribution in [2.75, 3.05) is 0 Å². The predicted octanol–water partition coefficient (Wildman–Crippen LogP) is 4.89. The summed E-state index contributed by atoms with van der Waals surface area (Å²) in [7, 11) is 0. The van der Waals surface area contributed by atoms with Gasteiger partial charge in [-0.2, -0.15) is 0 Å². The van der Waals surface area contributed by atoms with Crippen molar-refractivity contribution in [1.29, 1.82) is 0 Å². The van der Waals surface area contributed by atoms with Crippen molar-refractivity contribution >= 4 is 0 Å². The maximum Gasteiger partial charge on any atom is 0.0222 e. The first-order chi connectivity index (χ1) is 8.84. The Morgan fingerprint density at radius 1 is 0.842 bits per heavy atom. The lowest BCUT2D eigenvalue weighted by Gasteiger charge is -2.06. The van der Waals surface area contributed by atoms with E-state index in [1.165, 1.54) is 76.4 Å². The zero-order valence-corrected chi connectivity index (χ0v) is 13.0. The molecule has 1 rings (SSSR count). The highest BCUT2D eigenvalue weighted by molar-refractivity contribution is 5.03. The van der Waals surface area contributed by atoms with Gasteiger partial charge >= 0.3 is 0 Å². The van der Waals surface area contributed by atoms with Crippen molar-refractivity contribution in [1.82, 2.24) is 4.57 Å². The number of aryl methyl sites for hydroxylation is 2. The molecule has 0 aliphatic rings. The standard InChI is InChI=1S/C17H31N.H2O/c1-3-4-5-6-7-8-9-10-11-12-15-18-16-13-14-17(18)2;/h13-14,16H,3-12,15H2,1-2H3;1H2. The Morgan fingerprint density at radius 3 is 1.84 bits per heavy atom. The molecule has 0 amide bonds. The summed E-state index contributed by atoms with van der Waals surface area (Å²) in [5, 5.41) is 0. The summed E-state index contributed by atoms with van der Waals surface area (Å²) in [6.07, 6.45) is 16.4. The Kier molecular flexibility index (Phi) is 11.8. The summed E-state index contributed by atoms with van der Waals surface area (Å²) >= 11 is 0. The SMILES string of the molecule is CCCCCCCCCCCCn1cccc1C.O. The van der Waals surface area contributed by atoms with E-state index >= 15 is 0 Å². The third kappa shape index (κ3) is 8.88. The van der Waals surface area contributed by atoms with Crippen molar-refractivity contribution in [3.63, 3.8) is 0 Å². The van der Waals surface area contributed by atoms with Crippen molar-refractivity contribution in [2.45, 2.75) is 84.6 Å². The molecule has 0 aromatic carbocycles. The normalized spacial score (nSPS) is 10.4. The molecule has 0 aliphatic carbocycles. The number of unbranched alkanes of at least 4 members (excludes halogenated alkanes) is 9. The van der Waals surface area contributed by atoms with Crippen LogP contribution in [-0.4, -0.2) is 10.0 Å². The molecule has 112 valence electrons. The molecule has 0 spiro atoms. The van der Waals surface area contributed by atoms with Gasteiger partial charge in [-0.15, -0.1) is 0 Å². The first-order valence-corrected chi connectivity index (χ1v) is 7.96. The smallest absolute Gasteiger partial charge is 0.0222 e. The van der Waals surface area contributed by atoms with Gasteiger partial charge in [-0.05, 0) is 25.5 Å². The van der Waals surface area contributed by atoms with Gasteiger partial charge in [-0.25, -0.2) is 0 Å². The highest BCUT2D eigenvalue weighted by Gasteiger charge is 1.95. The van der Waals surface area contributed by atoms with E-state index in [0.29, 0.717) is 0 Å². The molecule has 2 N–H and O–H groups in total. The summed E-state index contributed by atoms with van der Waals surface area (Å²) in [6, 6.07) is 4.34. The van der Waals surface area contributed by atoms with Gasteiger partial charge < -0.3 is 10.0 Å². The highest BCUT2D eigenvalue weighted by atomic mass is 16.0. The monoisotopic (exact) mass is 267 g/mol. The Morgan fingerprint density at radius 2 is 1.37 bits per heavy atom. The van der Waals surface area contributed by atoms with Crippen LogP contribution in [0.1, 0.15) is 76.8 Å². The fourth-order valence-electron chi connectivity index (χ4n) is 2.52. The van der Waals surface area contributed by atoms with Crippen molar-refractivity contribution in [3.05, 3.63) is 24.0 Å². The maximum atomic E-state index is 2.37. The molecule has 0 aliphatic heterocycles. The number of aromatic nitrogens is 1. The largest absolute Gasteiger partial charge is 0.412 e. The second-order valence-corrected chi connectivity index (χ2v) is 5.52. The van der Waals surface area contributed by atoms with Crippen LogP contribution < -0.4 is 0 Å². The average molecular weight is 267 g/mol. The third-order valence-corrected chi connectivity index (χ3v) is 3.81. The zero-order chi connectivity index (χ0) is 13.1. The van der Waals surface area contributed by atoms with Gasteiger partial charge in [0.2, 0.25) is 0 Å². The Labute approximate surface area is 119 Å². The summed E-state index contributed by atoms with van der Waals surface area (Å²) in [4.78, 5) is 0. The minimum Gasteiger partial charge on any atom is -0.412 e. The molecule has 1 aromatic heterocycles. The first kappa shape index (κ1) is 18.2. The van der Waals surface area contributed by atoms with E-state index < -0.39 is 0 Å². The summed E-state index contributed by atoms with van der Waals surface area (Å²) in [5.41, 5.74) is 1.39. The second-order valence-electron chi connectivity index (χ2n) is 5.52. The maximum absolute atomic E-state index is 2.37. The fraction of sp³-hybridized carbons (Fsp3) is 0.765. The van der Waals surface area contributed by atoms with E-state index in [1.54, 1.807) is 0 Å². The van der Waals surface area contributed by atoms with Crippen LogP contribution in [0, 0.1) is 6.92 Å². The van der Waals surface area contributed by atoms with Crippen molar-refractivity contribution < 1.29 is 5.48 Å². The molecule has 0 bridgehead atoms. The van der Waals surface area contributed by atoms with E-state index in [-0.39, 0.29) is 5.48 Å². The van der Waals surface area contributed by atoms with Gasteiger partial charge in [0.1, 0.15) is 0 Å². The molecule has 0 radical (unpaired) electrons. The number of hydrogen-bond acceptors (Lipinski definition) is 0. The minimum atomic E-state index is 0. The topological polar surface area (TPSA) is 36.4 Å². The molecule has 19 heavy (non-hydrogen) atoms. The van der Waals surface area contributed by atoms with E-state index in [0.717, 1.165) is 0 Å². The minimum absolute atomic E-state index is 0. The Balaban J connectivity index is 0.00000324. The molecule has 1 aromatic rings. The quantitative estimate of drug-likeness (QED) is 0.512. The number of rotatable bonds is 11. The number of hydrogen-bond donors (Lipinski definition) is 0. The third-order valence-electron chi connectivity index (χ3n) is 3.81. The van der Waals surface area contributed by atoms with E-state index in [1.807, 2.05) is 0 Å². The highest BCUT2D eigenvalue weighted by Crippen LogP contribution is 2.11. The lowest BCUT2D eigenvalue weighted by molar-refractivity contribution is 0.532. The van der Waals surface area contributed by atoms with Crippen LogP contribution in [0.4, 0.5) is 0 Å². The summed E-state index contributed by atoms with van der Waals surface area (Å²) in [5.74, 6) is 0. The number of nitrogens with zero attached hydrogens (tertiary/aromatic N) is 1. The molecule has 0 fully saturated rings. The van der Waals surface area contributed by atoms with Crippen LogP contribution in [0.5, 0.6) is 0 Å². The van der Waals surface area contributed by atoms with Crippen LogP contribution in [0.25, 0.3) is 0 Å². The summed E-state index contributed by atoms with van der Waals surface area (Å²) in [6.45, 7) is 5.68.